The van der Waals surface area contributed by atoms with Crippen molar-refractivity contribution in [3.05, 3.63) is 0 Å². The summed E-state index contributed by atoms with van der Waals surface area (Å²) >= 11 is 0. The maximum absolute atomic E-state index is 13.3. The Morgan fingerprint density at radius 1 is 0.735 bits per heavy atom. The van der Waals surface area contributed by atoms with Crippen LogP contribution in [0.25, 0.3) is 0 Å². The molecule has 34 heavy (non-hydrogen) atoms. The first kappa shape index (κ1) is 28.1. The van der Waals surface area contributed by atoms with Crippen molar-refractivity contribution in [1.29, 1.82) is 0 Å². The van der Waals surface area contributed by atoms with Crippen LogP contribution in [0.15, 0.2) is 0 Å². The molecule has 2 aliphatic rings. The van der Waals surface area contributed by atoms with Crippen LogP contribution in [0.2, 0.25) is 0 Å². The second kappa shape index (κ2) is 10.6. The van der Waals surface area contributed by atoms with Gasteiger partial charge in [0, 0.05) is 13.0 Å². The smallest absolute Gasteiger partial charge is 0.444 e. The monoisotopic (exact) mass is 484 g/mol. The van der Waals surface area contributed by atoms with Crippen LogP contribution in [0.1, 0.15) is 94.4 Å². The Kier molecular flexibility index (Phi) is 8.75. The van der Waals surface area contributed by atoms with Crippen molar-refractivity contribution in [2.75, 3.05) is 13.2 Å². The van der Waals surface area contributed by atoms with E-state index in [0.29, 0.717) is 6.42 Å². The molecule has 3 atom stereocenters. The van der Waals surface area contributed by atoms with Crippen molar-refractivity contribution >= 4 is 18.3 Å². The van der Waals surface area contributed by atoms with Crippen LogP contribution in [0.3, 0.4) is 0 Å². The maximum atomic E-state index is 13.3. The molecule has 2 rings (SSSR count). The molecule has 1 saturated heterocycles. The molecule has 9 nitrogen and oxygen atoms in total. The number of carbonyl (C=O) groups excluding carboxylic acids is 3. The molecule has 1 aliphatic carbocycles. The number of amides is 2. The number of fused-ring (bicyclic) bond motifs is 1. The summed E-state index contributed by atoms with van der Waals surface area (Å²) in [5.41, 5.74) is -1.94. The molecule has 196 valence electrons. The van der Waals surface area contributed by atoms with Crippen LogP contribution in [0, 0.1) is 0 Å². The van der Waals surface area contributed by atoms with Gasteiger partial charge in [-0.25, -0.2) is 14.4 Å². The summed E-state index contributed by atoms with van der Waals surface area (Å²) in [5, 5.41) is 0. The lowest BCUT2D eigenvalue weighted by Crippen LogP contribution is -2.68. The minimum absolute atomic E-state index is 0.0540. The van der Waals surface area contributed by atoms with E-state index in [1.165, 1.54) is 0 Å². The fourth-order valence-corrected chi connectivity index (χ4v) is 4.42. The third-order valence-corrected chi connectivity index (χ3v) is 5.55. The van der Waals surface area contributed by atoms with E-state index in [2.05, 4.69) is 0 Å². The predicted molar refractivity (Wildman–Crippen MR) is 128 cm³/mol. The molecule has 0 unspecified atom stereocenters. The molecule has 1 heterocycles. The predicted octanol–water partition coefficient (Wildman–Crippen LogP) is 5.50. The molecule has 9 heteroatoms. The second-order valence-electron chi connectivity index (χ2n) is 12.2. The Bertz CT molecular complexity index is 733. The Labute approximate surface area is 204 Å². The standard InChI is InChI=1S/C25H44N2O7/c1-23(2,3)32-20(28)26-16-17(14-15-31-22(30)34-25(7,8)9)27(21(29)33-24(4,5)6)19-13-11-10-12-18(19)26/h17-19H,10-16H2,1-9H3/t17-,18+,19+/m1/s1. The summed E-state index contributed by atoms with van der Waals surface area (Å²) in [4.78, 5) is 42.0. The van der Waals surface area contributed by atoms with Gasteiger partial charge in [0.15, 0.2) is 0 Å². The van der Waals surface area contributed by atoms with Crippen molar-refractivity contribution in [2.24, 2.45) is 0 Å². The highest BCUT2D eigenvalue weighted by Crippen LogP contribution is 2.35. The summed E-state index contributed by atoms with van der Waals surface area (Å²) < 4.78 is 21.9. The van der Waals surface area contributed by atoms with Gasteiger partial charge in [0.2, 0.25) is 0 Å². The third kappa shape index (κ3) is 8.55. The minimum atomic E-state index is -0.758. The van der Waals surface area contributed by atoms with Crippen LogP contribution in [-0.2, 0) is 18.9 Å². The zero-order valence-corrected chi connectivity index (χ0v) is 22.4. The van der Waals surface area contributed by atoms with Gasteiger partial charge in [0.1, 0.15) is 16.8 Å². The molecule has 0 radical (unpaired) electrons. The molecule has 0 spiro atoms. The summed E-state index contributed by atoms with van der Waals surface area (Å²) in [6, 6.07) is -0.709. The third-order valence-electron chi connectivity index (χ3n) is 5.55. The highest BCUT2D eigenvalue weighted by molar-refractivity contribution is 5.72. The first-order valence-corrected chi connectivity index (χ1v) is 12.3. The summed E-state index contributed by atoms with van der Waals surface area (Å²) in [6.45, 7) is 16.7. The van der Waals surface area contributed by atoms with Gasteiger partial charge in [-0.1, -0.05) is 12.8 Å². The molecule has 2 fully saturated rings. The fourth-order valence-electron chi connectivity index (χ4n) is 4.42. The number of hydrogen-bond donors (Lipinski definition) is 0. The number of ether oxygens (including phenoxy) is 4. The Balaban J connectivity index is 2.25. The average Bonchev–Trinajstić information content (AvgIpc) is 2.62. The van der Waals surface area contributed by atoms with Crippen LogP contribution >= 0.6 is 0 Å². The lowest BCUT2D eigenvalue weighted by Gasteiger charge is -2.53. The van der Waals surface area contributed by atoms with E-state index in [0.717, 1.165) is 25.7 Å². The van der Waals surface area contributed by atoms with Crippen molar-refractivity contribution in [2.45, 2.75) is 129 Å². The Hall–Kier alpha value is -2.19. The normalized spacial score (nSPS) is 23.6. The second-order valence-corrected chi connectivity index (χ2v) is 12.2. The van der Waals surface area contributed by atoms with Gasteiger partial charge in [-0.15, -0.1) is 0 Å². The number of rotatable bonds is 3. The first-order valence-electron chi connectivity index (χ1n) is 12.3. The van der Waals surface area contributed by atoms with E-state index in [-0.39, 0.29) is 37.4 Å². The quantitative estimate of drug-likeness (QED) is 0.386. The molecule has 1 aliphatic heterocycles. The number of hydrogen-bond acceptors (Lipinski definition) is 7. The van der Waals surface area contributed by atoms with Crippen LogP contribution in [-0.4, -0.2) is 76.2 Å². The van der Waals surface area contributed by atoms with Crippen molar-refractivity contribution in [3.8, 4) is 0 Å². The molecular formula is C25H44N2O7. The van der Waals surface area contributed by atoms with Crippen molar-refractivity contribution in [1.82, 2.24) is 9.80 Å². The molecular weight excluding hydrogens is 440 g/mol. The van der Waals surface area contributed by atoms with Crippen molar-refractivity contribution in [3.63, 3.8) is 0 Å². The summed E-state index contributed by atoms with van der Waals surface area (Å²) in [5.74, 6) is 0. The van der Waals surface area contributed by atoms with Gasteiger partial charge >= 0.3 is 18.3 Å². The molecule has 0 aromatic carbocycles. The van der Waals surface area contributed by atoms with E-state index in [4.69, 9.17) is 18.9 Å². The van der Waals surface area contributed by atoms with Crippen LogP contribution in [0.4, 0.5) is 14.4 Å². The zero-order valence-electron chi connectivity index (χ0n) is 22.4. The average molecular weight is 485 g/mol. The Morgan fingerprint density at radius 3 is 1.76 bits per heavy atom. The van der Waals surface area contributed by atoms with E-state index in [1.807, 2.05) is 41.5 Å². The molecule has 0 N–H and O–H groups in total. The molecule has 0 aromatic rings. The molecule has 0 bridgehead atoms. The van der Waals surface area contributed by atoms with E-state index >= 15 is 0 Å². The van der Waals surface area contributed by atoms with E-state index < -0.39 is 29.1 Å². The number of piperazine rings is 1. The summed E-state index contributed by atoms with van der Waals surface area (Å²) in [6.07, 6.45) is 2.31. The van der Waals surface area contributed by atoms with Gasteiger partial charge in [0.25, 0.3) is 0 Å². The molecule has 1 saturated carbocycles. The van der Waals surface area contributed by atoms with Gasteiger partial charge in [0.05, 0.1) is 24.7 Å². The van der Waals surface area contributed by atoms with Gasteiger partial charge in [-0.3, -0.25) is 4.90 Å². The topological polar surface area (TPSA) is 94.6 Å². The van der Waals surface area contributed by atoms with Gasteiger partial charge < -0.3 is 23.8 Å². The van der Waals surface area contributed by atoms with Gasteiger partial charge in [-0.05, 0) is 75.2 Å². The fraction of sp³-hybridized carbons (Fsp3) is 0.880. The Morgan fingerprint density at radius 2 is 1.24 bits per heavy atom. The largest absolute Gasteiger partial charge is 0.508 e. The number of nitrogens with zero attached hydrogens (tertiary/aromatic N) is 2. The highest BCUT2D eigenvalue weighted by atomic mass is 16.7. The van der Waals surface area contributed by atoms with Gasteiger partial charge in [-0.2, -0.15) is 0 Å². The zero-order chi connectivity index (χ0) is 25.9. The SMILES string of the molecule is CC(C)(C)OC(=O)OCC[C@@H]1CN(C(=O)OC(C)(C)C)[C@H]2CCCC[C@@H]2N1C(=O)OC(C)(C)C. The molecule has 2 amide bonds. The minimum Gasteiger partial charge on any atom is -0.444 e. The van der Waals surface area contributed by atoms with Crippen LogP contribution in [0.5, 0.6) is 0 Å². The van der Waals surface area contributed by atoms with E-state index in [1.54, 1.807) is 30.6 Å². The summed E-state index contributed by atoms with van der Waals surface area (Å²) in [7, 11) is 0. The lowest BCUT2D eigenvalue weighted by molar-refractivity contribution is -0.0680. The van der Waals surface area contributed by atoms with Crippen molar-refractivity contribution < 1.29 is 33.3 Å². The van der Waals surface area contributed by atoms with E-state index in [9.17, 15) is 14.4 Å². The number of carbonyl (C=O) groups is 3. The first-order chi connectivity index (χ1) is 15.5. The molecule has 0 aromatic heterocycles. The van der Waals surface area contributed by atoms with Crippen LogP contribution < -0.4 is 0 Å². The highest BCUT2D eigenvalue weighted by Gasteiger charge is 2.48. The lowest BCUT2D eigenvalue weighted by atomic mass is 9.84. The maximum Gasteiger partial charge on any atom is 0.508 e.